The van der Waals surface area contributed by atoms with Crippen LogP contribution in [-0.2, 0) is 19.6 Å². The third-order valence-electron chi connectivity index (χ3n) is 2.78. The molecule has 4 nitrogen and oxygen atoms in total. The second-order valence-electron chi connectivity index (χ2n) is 3.96. The number of ether oxygens (including phenoxy) is 1. The second kappa shape index (κ2) is 6.14. The molecule has 6 heteroatoms. The number of halogens is 2. The van der Waals surface area contributed by atoms with Crippen molar-refractivity contribution in [2.24, 2.45) is 0 Å². The highest BCUT2D eigenvalue weighted by Crippen LogP contribution is 2.24. The number of nitrogens with zero attached hydrogens (tertiary/aromatic N) is 3. The van der Waals surface area contributed by atoms with Gasteiger partial charge in [0.05, 0.1) is 15.9 Å². The maximum atomic E-state index is 13.4. The van der Waals surface area contributed by atoms with Crippen LogP contribution in [0.4, 0.5) is 4.39 Å². The Hall–Kier alpha value is -1.43. The molecule has 0 unspecified atom stereocenters. The fourth-order valence-electron chi connectivity index (χ4n) is 1.78. The van der Waals surface area contributed by atoms with Crippen LogP contribution in [0.25, 0.3) is 0 Å². The van der Waals surface area contributed by atoms with E-state index in [2.05, 4.69) is 26.0 Å². The van der Waals surface area contributed by atoms with Crippen LogP contribution in [0.15, 0.2) is 22.8 Å². The Morgan fingerprint density at radius 2 is 2.21 bits per heavy atom. The summed E-state index contributed by atoms with van der Waals surface area (Å²) in [6.07, 6.45) is 2.23. The first-order valence-electron chi connectivity index (χ1n) is 6.14. The van der Waals surface area contributed by atoms with Crippen molar-refractivity contribution < 1.29 is 9.13 Å². The molecule has 0 saturated heterocycles. The highest BCUT2D eigenvalue weighted by atomic mass is 79.9. The van der Waals surface area contributed by atoms with Crippen LogP contribution in [-0.4, -0.2) is 14.8 Å². The van der Waals surface area contributed by atoms with Crippen molar-refractivity contribution >= 4 is 15.9 Å². The summed E-state index contributed by atoms with van der Waals surface area (Å²) in [5, 5.41) is 4.46. The molecular formula is C13H15BrFN3O. The Morgan fingerprint density at radius 1 is 1.42 bits per heavy atom. The van der Waals surface area contributed by atoms with E-state index in [-0.39, 0.29) is 12.4 Å². The summed E-state index contributed by atoms with van der Waals surface area (Å²) in [6, 6.07) is 3.20. The summed E-state index contributed by atoms with van der Waals surface area (Å²) >= 11 is 3.52. The van der Waals surface area contributed by atoms with Crippen LogP contribution in [0.3, 0.4) is 0 Å². The number of hydrogen-bond acceptors (Lipinski definition) is 3. The molecule has 0 aliphatic heterocycles. The Morgan fingerprint density at radius 3 is 2.84 bits per heavy atom. The fourth-order valence-corrected chi connectivity index (χ4v) is 2.46. The average molecular weight is 328 g/mol. The maximum Gasteiger partial charge on any atom is 0.255 e. The summed E-state index contributed by atoms with van der Waals surface area (Å²) in [5.41, 5.74) is 1.88. The molecule has 102 valence electrons. The van der Waals surface area contributed by atoms with E-state index in [4.69, 9.17) is 4.74 Å². The summed E-state index contributed by atoms with van der Waals surface area (Å²) < 4.78 is 21.6. The SMILES string of the molecule is CCc1nn(CC)c(COc2cccnc2F)c1Br. The van der Waals surface area contributed by atoms with Gasteiger partial charge in [-0.2, -0.15) is 9.49 Å². The standard InChI is InChI=1S/C13H15BrFN3O/c1-3-9-12(14)10(18(4-2)17-9)8-19-11-6-5-7-16-13(11)15/h5-7H,3-4,8H2,1-2H3. The number of pyridine rings is 1. The average Bonchev–Trinajstić information content (AvgIpc) is 2.74. The Balaban J connectivity index is 2.20. The molecule has 0 bridgehead atoms. The lowest BCUT2D eigenvalue weighted by Crippen LogP contribution is -2.07. The molecule has 0 radical (unpaired) electrons. The molecule has 2 heterocycles. The van der Waals surface area contributed by atoms with E-state index in [0.717, 1.165) is 28.8 Å². The molecule has 0 aromatic carbocycles. The van der Waals surface area contributed by atoms with Crippen molar-refractivity contribution in [3.63, 3.8) is 0 Å². The normalized spacial score (nSPS) is 10.7. The summed E-state index contributed by atoms with van der Waals surface area (Å²) in [6.45, 7) is 5.04. The van der Waals surface area contributed by atoms with E-state index in [1.54, 1.807) is 12.1 Å². The van der Waals surface area contributed by atoms with Gasteiger partial charge in [0.15, 0.2) is 5.75 Å². The van der Waals surface area contributed by atoms with Crippen LogP contribution < -0.4 is 4.74 Å². The van der Waals surface area contributed by atoms with Gasteiger partial charge >= 0.3 is 0 Å². The van der Waals surface area contributed by atoms with Gasteiger partial charge in [0.1, 0.15) is 6.61 Å². The Bertz CT molecular complexity index is 571. The predicted octanol–water partition coefficient (Wildman–Crippen LogP) is 3.34. The minimum absolute atomic E-state index is 0.149. The van der Waals surface area contributed by atoms with Crippen LogP contribution in [0.1, 0.15) is 25.2 Å². The van der Waals surface area contributed by atoms with Crippen LogP contribution in [0.5, 0.6) is 5.75 Å². The highest BCUT2D eigenvalue weighted by molar-refractivity contribution is 9.10. The van der Waals surface area contributed by atoms with Crippen molar-refractivity contribution in [3.05, 3.63) is 40.1 Å². The smallest absolute Gasteiger partial charge is 0.255 e. The van der Waals surface area contributed by atoms with Gasteiger partial charge in [0.25, 0.3) is 5.95 Å². The number of aryl methyl sites for hydroxylation is 2. The van der Waals surface area contributed by atoms with Gasteiger partial charge in [-0.3, -0.25) is 4.68 Å². The minimum atomic E-state index is -0.600. The largest absolute Gasteiger partial charge is 0.482 e. The summed E-state index contributed by atoms with van der Waals surface area (Å²) in [5.74, 6) is -0.451. The van der Waals surface area contributed by atoms with Gasteiger partial charge < -0.3 is 4.74 Å². The van der Waals surface area contributed by atoms with Crippen molar-refractivity contribution in [2.75, 3.05) is 0 Å². The molecule has 2 aromatic rings. The zero-order valence-electron chi connectivity index (χ0n) is 10.9. The topological polar surface area (TPSA) is 39.9 Å². The molecule has 19 heavy (non-hydrogen) atoms. The van der Waals surface area contributed by atoms with Crippen LogP contribution in [0, 0.1) is 5.95 Å². The molecule has 2 aromatic heterocycles. The second-order valence-corrected chi connectivity index (χ2v) is 4.75. The minimum Gasteiger partial charge on any atom is -0.482 e. The lowest BCUT2D eigenvalue weighted by atomic mass is 10.3. The van der Waals surface area contributed by atoms with Gasteiger partial charge in [0, 0.05) is 12.7 Å². The van der Waals surface area contributed by atoms with E-state index in [9.17, 15) is 4.39 Å². The first kappa shape index (κ1) is 14.0. The lowest BCUT2D eigenvalue weighted by Gasteiger charge is -2.08. The number of rotatable bonds is 5. The van der Waals surface area contributed by atoms with Gasteiger partial charge in [0.2, 0.25) is 0 Å². The predicted molar refractivity (Wildman–Crippen MR) is 73.5 cm³/mol. The van der Waals surface area contributed by atoms with E-state index < -0.39 is 5.95 Å². The monoisotopic (exact) mass is 327 g/mol. The van der Waals surface area contributed by atoms with Gasteiger partial charge in [-0.05, 0) is 41.4 Å². The highest BCUT2D eigenvalue weighted by Gasteiger charge is 2.15. The van der Waals surface area contributed by atoms with Crippen LogP contribution >= 0.6 is 15.9 Å². The zero-order chi connectivity index (χ0) is 13.8. The van der Waals surface area contributed by atoms with Crippen molar-refractivity contribution in [1.29, 1.82) is 0 Å². The van der Waals surface area contributed by atoms with Gasteiger partial charge in [-0.1, -0.05) is 6.92 Å². The first-order chi connectivity index (χ1) is 9.17. The molecule has 0 aliphatic carbocycles. The zero-order valence-corrected chi connectivity index (χ0v) is 12.4. The Labute approximate surface area is 119 Å². The van der Waals surface area contributed by atoms with Crippen molar-refractivity contribution in [1.82, 2.24) is 14.8 Å². The van der Waals surface area contributed by atoms with E-state index >= 15 is 0 Å². The third kappa shape index (κ3) is 2.94. The quantitative estimate of drug-likeness (QED) is 0.791. The van der Waals surface area contributed by atoms with Gasteiger partial charge in [-0.25, -0.2) is 4.98 Å². The van der Waals surface area contributed by atoms with Crippen molar-refractivity contribution in [2.45, 2.75) is 33.4 Å². The van der Waals surface area contributed by atoms with Crippen LogP contribution in [0.2, 0.25) is 0 Å². The first-order valence-corrected chi connectivity index (χ1v) is 6.94. The molecule has 0 N–H and O–H groups in total. The number of aromatic nitrogens is 3. The molecule has 0 aliphatic rings. The summed E-state index contributed by atoms with van der Waals surface area (Å²) in [7, 11) is 0. The molecule has 0 atom stereocenters. The molecule has 0 saturated carbocycles. The van der Waals surface area contributed by atoms with Crippen molar-refractivity contribution in [3.8, 4) is 5.75 Å². The van der Waals surface area contributed by atoms with E-state index in [0.29, 0.717) is 0 Å². The maximum absolute atomic E-state index is 13.4. The molecular weight excluding hydrogens is 313 g/mol. The molecule has 2 rings (SSSR count). The third-order valence-corrected chi connectivity index (χ3v) is 3.70. The van der Waals surface area contributed by atoms with Gasteiger partial charge in [-0.15, -0.1) is 0 Å². The molecule has 0 amide bonds. The van der Waals surface area contributed by atoms with E-state index in [1.807, 2.05) is 18.5 Å². The molecule has 0 fully saturated rings. The molecule has 0 spiro atoms. The fraction of sp³-hybridized carbons (Fsp3) is 0.385. The Kier molecular flexibility index (Phi) is 4.52. The lowest BCUT2D eigenvalue weighted by molar-refractivity contribution is 0.273. The van der Waals surface area contributed by atoms with E-state index in [1.165, 1.54) is 6.20 Å². The summed E-state index contributed by atoms with van der Waals surface area (Å²) in [4.78, 5) is 3.55. The number of hydrogen-bond donors (Lipinski definition) is 0.